The Labute approximate surface area is 174 Å². The van der Waals surface area contributed by atoms with Crippen LogP contribution in [0.25, 0.3) is 0 Å². The number of tetrazole rings is 1. The SMILES string of the molecule is CN[C@@H](c1ccc2c(c1)OCO2)c1nnnn1C(c1ccccc1)c1ccccc1. The molecule has 1 atom stereocenters. The van der Waals surface area contributed by atoms with Crippen LogP contribution in [0.2, 0.25) is 0 Å². The second-order valence-corrected chi connectivity index (χ2v) is 7.04. The van der Waals surface area contributed by atoms with Crippen molar-refractivity contribution < 1.29 is 9.47 Å². The Hall–Kier alpha value is -3.71. The molecule has 0 amide bonds. The van der Waals surface area contributed by atoms with E-state index in [4.69, 9.17) is 9.47 Å². The summed E-state index contributed by atoms with van der Waals surface area (Å²) in [4.78, 5) is 0. The Balaban J connectivity index is 1.61. The number of benzene rings is 3. The molecule has 1 aromatic heterocycles. The van der Waals surface area contributed by atoms with Crippen molar-refractivity contribution in [1.82, 2.24) is 25.5 Å². The van der Waals surface area contributed by atoms with E-state index in [0.717, 1.165) is 28.2 Å². The van der Waals surface area contributed by atoms with Crippen LogP contribution >= 0.6 is 0 Å². The lowest BCUT2D eigenvalue weighted by atomic mass is 9.98. The first-order chi connectivity index (χ1) is 14.8. The van der Waals surface area contributed by atoms with Crippen molar-refractivity contribution in [2.24, 2.45) is 0 Å². The predicted molar refractivity (Wildman–Crippen MR) is 111 cm³/mol. The molecule has 0 saturated carbocycles. The van der Waals surface area contributed by atoms with Crippen molar-refractivity contribution in [2.75, 3.05) is 13.8 Å². The normalized spacial score (nSPS) is 13.5. The fourth-order valence-electron chi connectivity index (χ4n) is 3.86. The van der Waals surface area contributed by atoms with Crippen molar-refractivity contribution in [3.63, 3.8) is 0 Å². The first-order valence-electron chi connectivity index (χ1n) is 9.79. The van der Waals surface area contributed by atoms with Gasteiger partial charge in [0.2, 0.25) is 6.79 Å². The fourth-order valence-corrected chi connectivity index (χ4v) is 3.86. The second-order valence-electron chi connectivity index (χ2n) is 7.04. The molecular weight excluding hydrogens is 378 g/mol. The highest BCUT2D eigenvalue weighted by atomic mass is 16.7. The minimum Gasteiger partial charge on any atom is -0.454 e. The van der Waals surface area contributed by atoms with Crippen LogP contribution in [0, 0.1) is 0 Å². The summed E-state index contributed by atoms with van der Waals surface area (Å²) in [7, 11) is 1.90. The number of nitrogens with zero attached hydrogens (tertiary/aromatic N) is 4. The van der Waals surface area contributed by atoms with Gasteiger partial charge >= 0.3 is 0 Å². The highest BCUT2D eigenvalue weighted by Gasteiger charge is 2.27. The third kappa shape index (κ3) is 3.29. The predicted octanol–water partition coefficient (Wildman–Crippen LogP) is 3.35. The van der Waals surface area contributed by atoms with Crippen molar-refractivity contribution in [2.45, 2.75) is 12.1 Å². The highest BCUT2D eigenvalue weighted by Crippen LogP contribution is 2.36. The lowest BCUT2D eigenvalue weighted by molar-refractivity contribution is 0.174. The van der Waals surface area contributed by atoms with Crippen LogP contribution in [0.15, 0.2) is 78.9 Å². The second kappa shape index (κ2) is 7.96. The van der Waals surface area contributed by atoms with E-state index in [0.29, 0.717) is 5.82 Å². The van der Waals surface area contributed by atoms with E-state index in [9.17, 15) is 0 Å². The number of fused-ring (bicyclic) bond motifs is 1. The third-order valence-corrected chi connectivity index (χ3v) is 5.27. The van der Waals surface area contributed by atoms with Crippen LogP contribution in [-0.2, 0) is 0 Å². The molecule has 7 nitrogen and oxygen atoms in total. The zero-order valence-electron chi connectivity index (χ0n) is 16.5. The zero-order valence-corrected chi connectivity index (χ0v) is 16.5. The lowest BCUT2D eigenvalue weighted by Gasteiger charge is -2.23. The van der Waals surface area contributed by atoms with Gasteiger partial charge in [0, 0.05) is 0 Å². The number of aromatic nitrogens is 4. The largest absolute Gasteiger partial charge is 0.454 e. The smallest absolute Gasteiger partial charge is 0.231 e. The van der Waals surface area contributed by atoms with Gasteiger partial charge in [-0.1, -0.05) is 66.7 Å². The monoisotopic (exact) mass is 399 g/mol. The Morgan fingerprint density at radius 1 is 0.833 bits per heavy atom. The molecule has 1 N–H and O–H groups in total. The van der Waals surface area contributed by atoms with Crippen molar-refractivity contribution in [1.29, 1.82) is 0 Å². The van der Waals surface area contributed by atoms with Gasteiger partial charge in [0.05, 0.1) is 6.04 Å². The Morgan fingerprint density at radius 3 is 2.17 bits per heavy atom. The van der Waals surface area contributed by atoms with Crippen LogP contribution in [0.1, 0.15) is 34.6 Å². The molecule has 1 aliphatic heterocycles. The van der Waals surface area contributed by atoms with Gasteiger partial charge in [-0.15, -0.1) is 5.10 Å². The van der Waals surface area contributed by atoms with Crippen molar-refractivity contribution in [3.05, 3.63) is 101 Å². The first kappa shape index (κ1) is 18.3. The molecule has 5 rings (SSSR count). The van der Waals surface area contributed by atoms with Crippen molar-refractivity contribution in [3.8, 4) is 11.5 Å². The van der Waals surface area contributed by atoms with Gasteiger partial charge in [-0.05, 0) is 46.3 Å². The maximum absolute atomic E-state index is 5.56. The summed E-state index contributed by atoms with van der Waals surface area (Å²) in [5.74, 6) is 2.20. The summed E-state index contributed by atoms with van der Waals surface area (Å²) in [6.45, 7) is 0.241. The highest BCUT2D eigenvalue weighted by molar-refractivity contribution is 5.46. The van der Waals surface area contributed by atoms with Gasteiger partial charge in [0.1, 0.15) is 6.04 Å². The zero-order chi connectivity index (χ0) is 20.3. The molecule has 3 aromatic carbocycles. The standard InChI is InChI=1S/C23H21N5O2/c1-24-21(18-12-13-19-20(14-18)30-15-29-19)23-25-26-27-28(23)22(16-8-4-2-5-9-16)17-10-6-3-7-11-17/h2-14,21-22,24H,15H2,1H3/t21-/m0/s1. The molecule has 0 spiro atoms. The summed E-state index contributed by atoms with van der Waals surface area (Å²) in [5.41, 5.74) is 3.22. The third-order valence-electron chi connectivity index (χ3n) is 5.27. The van der Waals surface area contributed by atoms with E-state index < -0.39 is 0 Å². The van der Waals surface area contributed by atoms with E-state index in [-0.39, 0.29) is 18.9 Å². The Morgan fingerprint density at radius 2 is 1.50 bits per heavy atom. The summed E-state index contributed by atoms with van der Waals surface area (Å²) in [6.07, 6.45) is 0. The molecule has 0 bridgehead atoms. The van der Waals surface area contributed by atoms with Gasteiger partial charge in [0.25, 0.3) is 0 Å². The molecule has 7 heteroatoms. The van der Waals surface area contributed by atoms with Crippen LogP contribution in [-0.4, -0.2) is 34.0 Å². The van der Waals surface area contributed by atoms with E-state index in [1.807, 2.05) is 66.3 Å². The van der Waals surface area contributed by atoms with Gasteiger partial charge in [-0.25, -0.2) is 4.68 Å². The molecule has 4 aromatic rings. The van der Waals surface area contributed by atoms with Crippen LogP contribution in [0.3, 0.4) is 0 Å². The molecule has 0 unspecified atom stereocenters. The van der Waals surface area contributed by atoms with Crippen LogP contribution in [0.4, 0.5) is 0 Å². The van der Waals surface area contributed by atoms with E-state index in [2.05, 4.69) is 45.1 Å². The average molecular weight is 399 g/mol. The van der Waals surface area contributed by atoms with Crippen molar-refractivity contribution >= 4 is 0 Å². The summed E-state index contributed by atoms with van der Waals surface area (Å²) < 4.78 is 12.9. The number of nitrogens with one attached hydrogen (secondary N) is 1. The molecule has 0 radical (unpaired) electrons. The topological polar surface area (TPSA) is 74.1 Å². The van der Waals surface area contributed by atoms with E-state index in [1.165, 1.54) is 0 Å². The summed E-state index contributed by atoms with van der Waals surface area (Å²) in [5, 5.41) is 16.2. The Bertz CT molecular complexity index is 1090. The Kier molecular flexibility index (Phi) is 4.86. The van der Waals surface area contributed by atoms with E-state index >= 15 is 0 Å². The molecular formula is C23H21N5O2. The quantitative estimate of drug-likeness (QED) is 0.536. The minimum atomic E-state index is -0.218. The maximum atomic E-state index is 5.56. The summed E-state index contributed by atoms with van der Waals surface area (Å²) in [6, 6.07) is 26.1. The molecule has 0 aliphatic carbocycles. The van der Waals surface area contributed by atoms with Gasteiger partial charge in [-0.3, -0.25) is 0 Å². The van der Waals surface area contributed by atoms with Gasteiger partial charge < -0.3 is 14.8 Å². The fraction of sp³-hybridized carbons (Fsp3) is 0.174. The number of ether oxygens (including phenoxy) is 2. The maximum Gasteiger partial charge on any atom is 0.231 e. The molecule has 30 heavy (non-hydrogen) atoms. The molecule has 2 heterocycles. The molecule has 1 aliphatic rings. The van der Waals surface area contributed by atoms with Gasteiger partial charge in [0.15, 0.2) is 17.3 Å². The first-order valence-corrected chi connectivity index (χ1v) is 9.79. The molecule has 150 valence electrons. The number of hydrogen-bond acceptors (Lipinski definition) is 6. The van der Waals surface area contributed by atoms with E-state index in [1.54, 1.807) is 0 Å². The van der Waals surface area contributed by atoms with Gasteiger partial charge in [-0.2, -0.15) is 0 Å². The average Bonchev–Trinajstić information content (AvgIpc) is 3.46. The number of hydrogen-bond donors (Lipinski definition) is 1. The number of rotatable bonds is 6. The van der Waals surface area contributed by atoms with Crippen LogP contribution in [0.5, 0.6) is 11.5 Å². The van der Waals surface area contributed by atoms with Crippen LogP contribution < -0.4 is 14.8 Å². The summed E-state index contributed by atoms with van der Waals surface area (Å²) >= 11 is 0. The molecule has 0 fully saturated rings. The lowest BCUT2D eigenvalue weighted by Crippen LogP contribution is -2.25. The molecule has 0 saturated heterocycles. The minimum absolute atomic E-state index is 0.151.